The highest BCUT2D eigenvalue weighted by molar-refractivity contribution is 6.33. The van der Waals surface area contributed by atoms with Crippen LogP contribution < -0.4 is 11.4 Å². The molecule has 5 heteroatoms. The fourth-order valence-electron chi connectivity index (χ4n) is 1.40. The lowest BCUT2D eigenvalue weighted by molar-refractivity contribution is 0.727. The van der Waals surface area contributed by atoms with Crippen LogP contribution in [-0.2, 0) is 6.54 Å². The lowest BCUT2D eigenvalue weighted by Gasteiger charge is -2.06. The van der Waals surface area contributed by atoms with Gasteiger partial charge >= 0.3 is 5.69 Å². The van der Waals surface area contributed by atoms with Gasteiger partial charge in [-0.3, -0.25) is 4.57 Å². The summed E-state index contributed by atoms with van der Waals surface area (Å²) >= 11 is 5.81. The lowest BCUT2D eigenvalue weighted by atomic mass is 10.2. The summed E-state index contributed by atoms with van der Waals surface area (Å²) in [6, 6.07) is 7.01. The topological polar surface area (TPSA) is 60.9 Å². The number of nitrogen functional groups attached to an aromatic ring is 1. The Balaban J connectivity index is 2.31. The Labute approximate surface area is 97.3 Å². The molecule has 1 aromatic heterocycles. The van der Waals surface area contributed by atoms with Gasteiger partial charge in [0.2, 0.25) is 0 Å². The third-order valence-electron chi connectivity index (χ3n) is 2.20. The van der Waals surface area contributed by atoms with Gasteiger partial charge in [0.05, 0.1) is 17.3 Å². The molecule has 0 unspecified atom stereocenters. The maximum absolute atomic E-state index is 11.4. The molecule has 82 valence electrons. The van der Waals surface area contributed by atoms with Gasteiger partial charge in [-0.2, -0.15) is 0 Å². The number of hydrogen-bond donors (Lipinski definition) is 1. The van der Waals surface area contributed by atoms with Crippen LogP contribution in [0.2, 0.25) is 5.02 Å². The van der Waals surface area contributed by atoms with Crippen LogP contribution in [0.3, 0.4) is 0 Å². The first-order chi connectivity index (χ1) is 7.66. The fourth-order valence-corrected chi connectivity index (χ4v) is 1.51. The number of nitrogens with zero attached hydrogens (tertiary/aromatic N) is 2. The van der Waals surface area contributed by atoms with Gasteiger partial charge in [-0.25, -0.2) is 9.78 Å². The number of nitrogens with two attached hydrogens (primary N) is 1. The summed E-state index contributed by atoms with van der Waals surface area (Å²) in [7, 11) is 0. The van der Waals surface area contributed by atoms with E-state index in [-0.39, 0.29) is 5.69 Å². The van der Waals surface area contributed by atoms with Gasteiger partial charge in [0.15, 0.2) is 0 Å². The zero-order valence-electron chi connectivity index (χ0n) is 8.43. The molecule has 0 fully saturated rings. The Hall–Kier alpha value is -1.81. The highest BCUT2D eigenvalue weighted by atomic mass is 35.5. The van der Waals surface area contributed by atoms with E-state index in [4.69, 9.17) is 17.3 Å². The Morgan fingerprint density at radius 3 is 2.94 bits per heavy atom. The monoisotopic (exact) mass is 235 g/mol. The largest absolute Gasteiger partial charge is 0.398 e. The molecule has 2 rings (SSSR count). The molecule has 0 aliphatic carbocycles. The van der Waals surface area contributed by atoms with Crippen LogP contribution in [-0.4, -0.2) is 9.55 Å². The zero-order chi connectivity index (χ0) is 11.5. The quantitative estimate of drug-likeness (QED) is 0.803. The van der Waals surface area contributed by atoms with Crippen molar-refractivity contribution in [1.29, 1.82) is 0 Å². The number of anilines is 1. The molecule has 0 amide bonds. The van der Waals surface area contributed by atoms with E-state index in [1.807, 2.05) is 6.07 Å². The first-order valence-electron chi connectivity index (χ1n) is 4.72. The van der Waals surface area contributed by atoms with Gasteiger partial charge in [-0.15, -0.1) is 0 Å². The van der Waals surface area contributed by atoms with Gasteiger partial charge in [0.1, 0.15) is 0 Å². The minimum absolute atomic E-state index is 0.281. The second-order valence-electron chi connectivity index (χ2n) is 3.39. The second-order valence-corrected chi connectivity index (χ2v) is 3.79. The van der Waals surface area contributed by atoms with Crippen molar-refractivity contribution in [1.82, 2.24) is 9.55 Å². The van der Waals surface area contributed by atoms with Gasteiger partial charge in [0, 0.05) is 12.4 Å². The van der Waals surface area contributed by atoms with E-state index in [2.05, 4.69) is 4.98 Å². The average Bonchev–Trinajstić information content (AvgIpc) is 2.27. The number of halogens is 1. The molecule has 0 aliphatic rings. The normalized spacial score (nSPS) is 10.3. The van der Waals surface area contributed by atoms with Gasteiger partial charge < -0.3 is 5.73 Å². The number of benzene rings is 1. The Morgan fingerprint density at radius 1 is 1.44 bits per heavy atom. The molecule has 4 nitrogen and oxygen atoms in total. The summed E-state index contributed by atoms with van der Waals surface area (Å²) in [5.74, 6) is 0. The predicted molar refractivity (Wildman–Crippen MR) is 63.5 cm³/mol. The van der Waals surface area contributed by atoms with Crippen LogP contribution in [0, 0.1) is 0 Å². The molecule has 1 aromatic carbocycles. The highest BCUT2D eigenvalue weighted by Crippen LogP contribution is 2.19. The Bertz CT molecular complexity index is 565. The molecule has 0 spiro atoms. The molecule has 1 heterocycles. The van der Waals surface area contributed by atoms with E-state index in [9.17, 15) is 4.79 Å². The van der Waals surface area contributed by atoms with Crippen molar-refractivity contribution in [3.05, 3.63) is 57.7 Å². The number of aromatic nitrogens is 2. The van der Waals surface area contributed by atoms with E-state index >= 15 is 0 Å². The maximum atomic E-state index is 11.4. The molecule has 0 aliphatic heterocycles. The number of hydrogen-bond acceptors (Lipinski definition) is 3. The SMILES string of the molecule is Nc1cc(Cn2cccnc2=O)ccc1Cl. The molecule has 2 N–H and O–H groups in total. The third kappa shape index (κ3) is 2.23. The van der Waals surface area contributed by atoms with Crippen molar-refractivity contribution < 1.29 is 0 Å². The van der Waals surface area contributed by atoms with Crippen LogP contribution in [0.1, 0.15) is 5.56 Å². The molecule has 2 aromatic rings. The summed E-state index contributed by atoms with van der Waals surface area (Å²) in [4.78, 5) is 15.0. The van der Waals surface area contributed by atoms with E-state index in [0.717, 1.165) is 5.56 Å². The maximum Gasteiger partial charge on any atom is 0.347 e. The first-order valence-corrected chi connectivity index (χ1v) is 5.10. The third-order valence-corrected chi connectivity index (χ3v) is 2.54. The summed E-state index contributed by atoms with van der Waals surface area (Å²) in [5, 5.41) is 0.516. The van der Waals surface area contributed by atoms with Crippen molar-refractivity contribution >= 4 is 17.3 Å². The second kappa shape index (κ2) is 4.37. The van der Waals surface area contributed by atoms with Crippen molar-refractivity contribution in [3.8, 4) is 0 Å². The summed E-state index contributed by atoms with van der Waals surface area (Å²) < 4.78 is 1.50. The fraction of sp³-hybridized carbons (Fsp3) is 0.0909. The zero-order valence-corrected chi connectivity index (χ0v) is 9.19. The van der Waals surface area contributed by atoms with Gasteiger partial charge in [-0.1, -0.05) is 17.7 Å². The standard InChI is InChI=1S/C11H10ClN3O/c12-9-3-2-8(6-10(9)13)7-15-5-1-4-14-11(15)16/h1-6H,7,13H2. The summed E-state index contributed by atoms with van der Waals surface area (Å²) in [5.41, 5.74) is 6.82. The van der Waals surface area contributed by atoms with Crippen molar-refractivity contribution in [2.75, 3.05) is 5.73 Å². The smallest absolute Gasteiger partial charge is 0.347 e. The Kier molecular flexibility index (Phi) is 2.92. The molecule has 0 bridgehead atoms. The van der Waals surface area contributed by atoms with E-state index in [0.29, 0.717) is 17.3 Å². The van der Waals surface area contributed by atoms with Crippen molar-refractivity contribution in [2.24, 2.45) is 0 Å². The molecule has 0 saturated heterocycles. The lowest BCUT2D eigenvalue weighted by Crippen LogP contribution is -2.21. The van der Waals surface area contributed by atoms with Crippen LogP contribution in [0.15, 0.2) is 41.5 Å². The first kappa shape index (κ1) is 10.7. The molecular weight excluding hydrogens is 226 g/mol. The average molecular weight is 236 g/mol. The summed E-state index contributed by atoms with van der Waals surface area (Å²) in [6.07, 6.45) is 3.15. The number of rotatable bonds is 2. The summed E-state index contributed by atoms with van der Waals surface area (Å²) in [6.45, 7) is 0.439. The van der Waals surface area contributed by atoms with Crippen LogP contribution in [0.4, 0.5) is 5.69 Å². The van der Waals surface area contributed by atoms with Gasteiger partial charge in [-0.05, 0) is 23.8 Å². The molecule has 0 radical (unpaired) electrons. The van der Waals surface area contributed by atoms with E-state index in [1.165, 1.54) is 10.8 Å². The highest BCUT2D eigenvalue weighted by Gasteiger charge is 2.00. The molecular formula is C11H10ClN3O. The van der Waals surface area contributed by atoms with Gasteiger partial charge in [0.25, 0.3) is 0 Å². The Morgan fingerprint density at radius 2 is 2.25 bits per heavy atom. The van der Waals surface area contributed by atoms with Crippen LogP contribution in [0.5, 0.6) is 0 Å². The van der Waals surface area contributed by atoms with Crippen molar-refractivity contribution in [2.45, 2.75) is 6.54 Å². The van der Waals surface area contributed by atoms with E-state index in [1.54, 1.807) is 24.4 Å². The van der Waals surface area contributed by atoms with E-state index < -0.39 is 0 Å². The van der Waals surface area contributed by atoms with Crippen LogP contribution in [0.25, 0.3) is 0 Å². The molecule has 0 saturated carbocycles. The van der Waals surface area contributed by atoms with Crippen LogP contribution >= 0.6 is 11.6 Å². The minimum Gasteiger partial charge on any atom is -0.398 e. The van der Waals surface area contributed by atoms with Crippen molar-refractivity contribution in [3.63, 3.8) is 0 Å². The minimum atomic E-state index is -0.281. The predicted octanol–water partition coefficient (Wildman–Crippen LogP) is 1.53. The molecule has 16 heavy (non-hydrogen) atoms. The molecule has 0 atom stereocenters.